The molecule has 0 radical (unpaired) electrons. The maximum atomic E-state index is 13.3. The van der Waals surface area contributed by atoms with Gasteiger partial charge in [0.15, 0.2) is 5.17 Å². The Hall–Kier alpha value is -3.05. The number of amides is 1. The molecule has 0 aromatic heterocycles. The molecule has 0 saturated heterocycles. The topological polar surface area (TPSA) is 116 Å². The van der Waals surface area contributed by atoms with Gasteiger partial charge in [0.05, 0.1) is 27.0 Å². The quantitative estimate of drug-likeness (QED) is 0.437. The summed E-state index contributed by atoms with van der Waals surface area (Å²) in [5.41, 5.74) is 1.27. The number of aliphatic carboxylic acids is 1. The van der Waals surface area contributed by atoms with E-state index in [0.29, 0.717) is 16.9 Å². The molecule has 2 N–H and O–H groups in total. The van der Waals surface area contributed by atoms with Gasteiger partial charge in [-0.1, -0.05) is 65.3 Å². The van der Waals surface area contributed by atoms with E-state index in [9.17, 15) is 23.1 Å². The predicted octanol–water partition coefficient (Wildman–Crippen LogP) is 4.98. The Morgan fingerprint density at radius 1 is 1.03 bits per heavy atom. The van der Waals surface area contributed by atoms with Crippen LogP contribution in [0.1, 0.15) is 15.9 Å². The SMILES string of the molecule is CSC1=Nc2ccccc2S(=O)(=O)N1c1ccc(C[C@H](NC(=O)c2c(Cl)cccc2Cl)C(=O)O)cc1. The van der Waals surface area contributed by atoms with E-state index < -0.39 is 27.9 Å². The van der Waals surface area contributed by atoms with Crippen molar-refractivity contribution in [3.8, 4) is 0 Å². The first-order valence-electron chi connectivity index (χ1n) is 10.5. The number of benzene rings is 3. The van der Waals surface area contributed by atoms with Crippen molar-refractivity contribution in [3.63, 3.8) is 0 Å². The van der Waals surface area contributed by atoms with E-state index in [1.54, 1.807) is 54.8 Å². The highest BCUT2D eigenvalue weighted by Crippen LogP contribution is 2.37. The van der Waals surface area contributed by atoms with Gasteiger partial charge in [0, 0.05) is 6.42 Å². The molecule has 3 aromatic rings. The Bertz CT molecular complexity index is 1460. The van der Waals surface area contributed by atoms with Crippen molar-refractivity contribution in [1.82, 2.24) is 5.32 Å². The highest BCUT2D eigenvalue weighted by molar-refractivity contribution is 8.15. The lowest BCUT2D eigenvalue weighted by atomic mass is 10.0. The summed E-state index contributed by atoms with van der Waals surface area (Å²) in [5, 5.41) is 12.6. The van der Waals surface area contributed by atoms with E-state index in [1.807, 2.05) is 0 Å². The first-order valence-corrected chi connectivity index (χ1v) is 13.9. The number of thioether (sulfide) groups is 1. The smallest absolute Gasteiger partial charge is 0.326 e. The van der Waals surface area contributed by atoms with Crippen molar-refractivity contribution in [2.75, 3.05) is 10.6 Å². The zero-order valence-electron chi connectivity index (χ0n) is 18.7. The largest absolute Gasteiger partial charge is 0.480 e. The van der Waals surface area contributed by atoms with Crippen LogP contribution >= 0.6 is 35.0 Å². The fourth-order valence-electron chi connectivity index (χ4n) is 3.64. The Balaban J connectivity index is 1.57. The van der Waals surface area contributed by atoms with Crippen LogP contribution in [0.15, 0.2) is 76.6 Å². The van der Waals surface area contributed by atoms with Gasteiger partial charge in [-0.25, -0.2) is 22.5 Å². The van der Waals surface area contributed by atoms with Crippen molar-refractivity contribution in [2.45, 2.75) is 17.4 Å². The summed E-state index contributed by atoms with van der Waals surface area (Å²) < 4.78 is 27.8. The molecule has 1 aliphatic rings. The first-order chi connectivity index (χ1) is 17.1. The van der Waals surface area contributed by atoms with Crippen LogP contribution < -0.4 is 9.62 Å². The summed E-state index contributed by atoms with van der Waals surface area (Å²) in [6.45, 7) is 0. The van der Waals surface area contributed by atoms with Gasteiger partial charge in [0.2, 0.25) is 0 Å². The molecule has 0 saturated carbocycles. The van der Waals surface area contributed by atoms with Gasteiger partial charge >= 0.3 is 5.97 Å². The minimum atomic E-state index is -3.90. The Morgan fingerprint density at radius 3 is 2.28 bits per heavy atom. The number of carbonyl (C=O) groups excluding carboxylic acids is 1. The zero-order valence-corrected chi connectivity index (χ0v) is 21.8. The summed E-state index contributed by atoms with van der Waals surface area (Å²) in [6, 6.07) is 16.1. The van der Waals surface area contributed by atoms with Crippen LogP contribution in [0.3, 0.4) is 0 Å². The van der Waals surface area contributed by atoms with E-state index in [0.717, 1.165) is 4.31 Å². The molecule has 0 spiro atoms. The second-order valence-corrected chi connectivity index (χ2v) is 11.0. The Kier molecular flexibility index (Phi) is 7.60. The minimum absolute atomic E-state index is 0.0121. The average Bonchev–Trinajstić information content (AvgIpc) is 2.83. The normalized spacial score (nSPS) is 15.0. The number of amidine groups is 1. The minimum Gasteiger partial charge on any atom is -0.480 e. The molecule has 1 heterocycles. The molecule has 36 heavy (non-hydrogen) atoms. The van der Waals surface area contributed by atoms with Crippen LogP contribution in [0, 0.1) is 0 Å². The van der Waals surface area contributed by atoms with E-state index in [4.69, 9.17) is 23.2 Å². The number of carbonyl (C=O) groups is 2. The van der Waals surface area contributed by atoms with Crippen LogP contribution in [-0.4, -0.2) is 42.9 Å². The number of aliphatic imine (C=N–C) groups is 1. The third kappa shape index (κ3) is 5.08. The fraction of sp³-hybridized carbons (Fsp3) is 0.125. The second-order valence-electron chi connectivity index (χ2n) is 7.67. The van der Waals surface area contributed by atoms with E-state index >= 15 is 0 Å². The summed E-state index contributed by atoms with van der Waals surface area (Å²) in [7, 11) is -3.90. The number of nitrogens with zero attached hydrogens (tertiary/aromatic N) is 2. The molecular formula is C24H19Cl2N3O5S2. The molecule has 0 fully saturated rings. The number of carboxylic acid groups (broad SMARTS) is 1. The number of halogens is 2. The number of carboxylic acids is 1. The maximum absolute atomic E-state index is 13.3. The first kappa shape index (κ1) is 26.0. The summed E-state index contributed by atoms with van der Waals surface area (Å²) in [4.78, 5) is 29.1. The maximum Gasteiger partial charge on any atom is 0.326 e. The molecule has 1 aliphatic heterocycles. The van der Waals surface area contributed by atoms with E-state index in [1.165, 1.54) is 30.0 Å². The highest BCUT2D eigenvalue weighted by Gasteiger charge is 2.35. The molecule has 4 rings (SSSR count). The number of anilines is 1. The number of rotatable bonds is 6. The number of nitrogens with one attached hydrogen (secondary N) is 1. The van der Waals surface area contributed by atoms with Crippen LogP contribution in [0.4, 0.5) is 11.4 Å². The Labute approximate surface area is 222 Å². The number of fused-ring (bicyclic) bond motifs is 1. The molecule has 1 amide bonds. The lowest BCUT2D eigenvalue weighted by molar-refractivity contribution is -0.139. The van der Waals surface area contributed by atoms with E-state index in [2.05, 4.69) is 10.3 Å². The number of hydrogen-bond acceptors (Lipinski definition) is 6. The summed E-state index contributed by atoms with van der Waals surface area (Å²) in [5.74, 6) is -1.96. The molecule has 0 unspecified atom stereocenters. The Morgan fingerprint density at radius 2 is 1.67 bits per heavy atom. The third-order valence-electron chi connectivity index (χ3n) is 5.36. The van der Waals surface area contributed by atoms with Crippen molar-refractivity contribution in [3.05, 3.63) is 87.9 Å². The van der Waals surface area contributed by atoms with Crippen molar-refractivity contribution >= 4 is 73.4 Å². The van der Waals surface area contributed by atoms with Crippen LogP contribution in [-0.2, 0) is 21.2 Å². The predicted molar refractivity (Wildman–Crippen MR) is 142 cm³/mol. The molecule has 186 valence electrons. The van der Waals surface area contributed by atoms with Crippen LogP contribution in [0.5, 0.6) is 0 Å². The molecule has 0 aliphatic carbocycles. The van der Waals surface area contributed by atoms with Crippen LogP contribution in [0.2, 0.25) is 10.0 Å². The van der Waals surface area contributed by atoms with Gasteiger partial charge < -0.3 is 10.4 Å². The molecule has 0 bridgehead atoms. The third-order valence-corrected chi connectivity index (χ3v) is 8.51. The molecule has 3 aromatic carbocycles. The lowest BCUT2D eigenvalue weighted by Crippen LogP contribution is -2.42. The van der Waals surface area contributed by atoms with Gasteiger partial charge in [0.25, 0.3) is 15.9 Å². The molecular weight excluding hydrogens is 545 g/mol. The number of hydrogen-bond donors (Lipinski definition) is 2. The number of para-hydroxylation sites is 1. The average molecular weight is 564 g/mol. The van der Waals surface area contributed by atoms with Gasteiger partial charge in [-0.2, -0.15) is 0 Å². The highest BCUT2D eigenvalue weighted by atomic mass is 35.5. The van der Waals surface area contributed by atoms with E-state index in [-0.39, 0.29) is 32.1 Å². The standard InChI is InChI=1S/C24H19Cl2N3O5S2/c1-35-24-28-18-7-2-3-8-20(18)36(33,34)29(24)15-11-9-14(10-12-15)13-19(23(31)32)27-22(30)21-16(25)5-4-6-17(21)26/h2-12,19H,13H2,1H3,(H,27,30)(H,31,32)/t19-/m0/s1. The van der Waals surface area contributed by atoms with Gasteiger partial charge in [0.1, 0.15) is 10.9 Å². The van der Waals surface area contributed by atoms with Crippen LogP contribution in [0.25, 0.3) is 0 Å². The van der Waals surface area contributed by atoms with Crippen molar-refractivity contribution in [1.29, 1.82) is 0 Å². The van der Waals surface area contributed by atoms with Crippen molar-refractivity contribution < 1.29 is 23.1 Å². The van der Waals surface area contributed by atoms with Gasteiger partial charge in [-0.15, -0.1) is 0 Å². The van der Waals surface area contributed by atoms with Gasteiger partial charge in [-0.05, 0) is 48.2 Å². The lowest BCUT2D eigenvalue weighted by Gasteiger charge is -2.28. The molecule has 1 atom stereocenters. The molecule has 8 nitrogen and oxygen atoms in total. The summed E-state index contributed by atoms with van der Waals surface area (Å²) >= 11 is 13.3. The molecule has 12 heteroatoms. The fourth-order valence-corrected chi connectivity index (χ4v) is 6.66. The number of sulfonamides is 1. The summed E-state index contributed by atoms with van der Waals surface area (Å²) in [6.07, 6.45) is 1.68. The second kappa shape index (κ2) is 10.5. The monoisotopic (exact) mass is 563 g/mol. The van der Waals surface area contributed by atoms with Gasteiger partial charge in [-0.3, -0.25) is 4.79 Å². The zero-order chi connectivity index (χ0) is 26.0. The van der Waals surface area contributed by atoms with Crippen molar-refractivity contribution in [2.24, 2.45) is 4.99 Å².